The van der Waals surface area contributed by atoms with Crippen LogP contribution in [-0.2, 0) is 5.67 Å². The lowest BCUT2D eigenvalue weighted by Gasteiger charge is -2.08. The minimum absolute atomic E-state index is 0.0313. The van der Waals surface area contributed by atoms with Gasteiger partial charge in [-0.25, -0.2) is 4.39 Å². The lowest BCUT2D eigenvalue weighted by molar-refractivity contribution is 0.317. The number of alkyl halides is 1. The van der Waals surface area contributed by atoms with E-state index in [4.69, 9.17) is 5.73 Å². The Hall–Kier alpha value is -0.890. The van der Waals surface area contributed by atoms with Crippen LogP contribution in [0.3, 0.4) is 0 Å². The molecule has 0 bridgehead atoms. The van der Waals surface area contributed by atoms with Crippen molar-refractivity contribution in [3.63, 3.8) is 0 Å². The average molecular weight is 179 g/mol. The SMILES string of the molecule is CC(N)c1ccc(C2(F)CC2)cc1. The van der Waals surface area contributed by atoms with E-state index >= 15 is 0 Å². The molecule has 1 unspecified atom stereocenters. The second kappa shape index (κ2) is 2.81. The zero-order valence-electron chi connectivity index (χ0n) is 7.76. The van der Waals surface area contributed by atoms with Gasteiger partial charge in [0.25, 0.3) is 0 Å². The lowest BCUT2D eigenvalue weighted by atomic mass is 10.0. The molecule has 2 rings (SSSR count). The summed E-state index contributed by atoms with van der Waals surface area (Å²) in [6.07, 6.45) is 1.34. The first kappa shape index (κ1) is 8.70. The monoisotopic (exact) mass is 179 g/mol. The van der Waals surface area contributed by atoms with Crippen molar-refractivity contribution in [3.8, 4) is 0 Å². The van der Waals surface area contributed by atoms with E-state index in [1.165, 1.54) is 0 Å². The Morgan fingerprint density at radius 2 is 1.85 bits per heavy atom. The molecule has 1 aromatic carbocycles. The summed E-state index contributed by atoms with van der Waals surface area (Å²) >= 11 is 0. The zero-order chi connectivity index (χ0) is 9.47. The highest BCUT2D eigenvalue weighted by Crippen LogP contribution is 2.49. The predicted octanol–water partition coefficient (Wildman–Crippen LogP) is 2.66. The molecule has 2 N–H and O–H groups in total. The van der Waals surface area contributed by atoms with Crippen molar-refractivity contribution in [2.45, 2.75) is 31.5 Å². The summed E-state index contributed by atoms with van der Waals surface area (Å²) in [4.78, 5) is 0. The summed E-state index contributed by atoms with van der Waals surface area (Å²) in [5.41, 5.74) is 6.54. The van der Waals surface area contributed by atoms with E-state index in [9.17, 15) is 4.39 Å². The standard InChI is InChI=1S/C11H14FN/c1-8(13)9-2-4-10(5-3-9)11(12)6-7-11/h2-5,8H,6-7,13H2,1H3. The first-order valence-electron chi connectivity index (χ1n) is 4.67. The van der Waals surface area contributed by atoms with Gasteiger partial charge < -0.3 is 5.73 Å². The predicted molar refractivity (Wildman–Crippen MR) is 51.1 cm³/mol. The second-order valence-corrected chi connectivity index (χ2v) is 3.88. The Balaban J connectivity index is 2.24. The van der Waals surface area contributed by atoms with Gasteiger partial charge in [0, 0.05) is 6.04 Å². The van der Waals surface area contributed by atoms with Gasteiger partial charge in [0.2, 0.25) is 0 Å². The van der Waals surface area contributed by atoms with Gasteiger partial charge in [-0.3, -0.25) is 0 Å². The van der Waals surface area contributed by atoms with Crippen molar-refractivity contribution in [3.05, 3.63) is 35.4 Å². The molecule has 0 amide bonds. The van der Waals surface area contributed by atoms with Gasteiger partial charge in [0.15, 0.2) is 0 Å². The van der Waals surface area contributed by atoms with Crippen LogP contribution in [-0.4, -0.2) is 0 Å². The van der Waals surface area contributed by atoms with Crippen molar-refractivity contribution < 1.29 is 4.39 Å². The number of rotatable bonds is 2. The maximum Gasteiger partial charge on any atom is 0.136 e. The highest BCUT2D eigenvalue weighted by molar-refractivity contribution is 5.31. The Kier molecular flexibility index (Phi) is 1.88. The second-order valence-electron chi connectivity index (χ2n) is 3.88. The number of hydrogen-bond donors (Lipinski definition) is 1. The number of hydrogen-bond acceptors (Lipinski definition) is 1. The van der Waals surface area contributed by atoms with E-state index in [0.717, 1.165) is 11.1 Å². The summed E-state index contributed by atoms with van der Waals surface area (Å²) in [6.45, 7) is 1.93. The fourth-order valence-corrected chi connectivity index (χ4v) is 1.48. The highest BCUT2D eigenvalue weighted by atomic mass is 19.1. The van der Waals surface area contributed by atoms with E-state index in [-0.39, 0.29) is 6.04 Å². The van der Waals surface area contributed by atoms with Crippen LogP contribution in [0, 0.1) is 0 Å². The molecule has 70 valence electrons. The molecule has 13 heavy (non-hydrogen) atoms. The van der Waals surface area contributed by atoms with Crippen molar-refractivity contribution in [2.75, 3.05) is 0 Å². The van der Waals surface area contributed by atoms with E-state index in [1.54, 1.807) is 0 Å². The largest absolute Gasteiger partial charge is 0.324 e. The molecule has 1 saturated carbocycles. The third kappa shape index (κ3) is 1.59. The van der Waals surface area contributed by atoms with Gasteiger partial charge in [-0.05, 0) is 30.9 Å². The molecule has 1 aliphatic rings. The number of nitrogens with two attached hydrogens (primary N) is 1. The Labute approximate surface area is 77.8 Å². The molecule has 1 atom stereocenters. The van der Waals surface area contributed by atoms with E-state index in [2.05, 4.69) is 0 Å². The van der Waals surface area contributed by atoms with Gasteiger partial charge in [-0.1, -0.05) is 24.3 Å². The molecule has 1 aromatic rings. The Morgan fingerprint density at radius 1 is 1.31 bits per heavy atom. The fraction of sp³-hybridized carbons (Fsp3) is 0.455. The van der Waals surface area contributed by atoms with Crippen LogP contribution >= 0.6 is 0 Å². The smallest absolute Gasteiger partial charge is 0.136 e. The van der Waals surface area contributed by atoms with Gasteiger partial charge >= 0.3 is 0 Å². The first-order valence-corrected chi connectivity index (χ1v) is 4.67. The fourth-order valence-electron chi connectivity index (χ4n) is 1.48. The summed E-state index contributed by atoms with van der Waals surface area (Å²) in [5.74, 6) is 0. The molecular weight excluding hydrogens is 165 g/mol. The maximum atomic E-state index is 13.5. The molecule has 0 radical (unpaired) electrons. The van der Waals surface area contributed by atoms with Crippen molar-refractivity contribution >= 4 is 0 Å². The number of halogens is 1. The Bertz CT molecular complexity index is 298. The molecule has 1 aliphatic carbocycles. The molecule has 1 nitrogen and oxygen atoms in total. The molecule has 0 spiro atoms. The van der Waals surface area contributed by atoms with E-state index < -0.39 is 5.67 Å². The summed E-state index contributed by atoms with van der Waals surface area (Å²) in [5, 5.41) is 0. The summed E-state index contributed by atoms with van der Waals surface area (Å²) in [6, 6.07) is 7.57. The summed E-state index contributed by atoms with van der Waals surface area (Å²) in [7, 11) is 0. The average Bonchev–Trinajstić information content (AvgIpc) is 2.85. The molecular formula is C11H14FN. The molecule has 0 aliphatic heterocycles. The van der Waals surface area contributed by atoms with Gasteiger partial charge in [0.05, 0.1) is 0 Å². The molecule has 0 heterocycles. The van der Waals surface area contributed by atoms with Crippen LogP contribution in [0.4, 0.5) is 4.39 Å². The van der Waals surface area contributed by atoms with E-state index in [0.29, 0.717) is 12.8 Å². The van der Waals surface area contributed by atoms with Crippen LogP contribution in [0.2, 0.25) is 0 Å². The highest BCUT2D eigenvalue weighted by Gasteiger charge is 2.44. The molecule has 0 aromatic heterocycles. The molecule has 0 saturated heterocycles. The van der Waals surface area contributed by atoms with Crippen LogP contribution in [0.15, 0.2) is 24.3 Å². The van der Waals surface area contributed by atoms with Crippen LogP contribution in [0.1, 0.15) is 36.9 Å². The van der Waals surface area contributed by atoms with Crippen molar-refractivity contribution in [2.24, 2.45) is 5.73 Å². The summed E-state index contributed by atoms with van der Waals surface area (Å²) < 4.78 is 13.5. The quantitative estimate of drug-likeness (QED) is 0.742. The first-order chi connectivity index (χ1) is 6.12. The lowest BCUT2D eigenvalue weighted by Crippen LogP contribution is -2.05. The van der Waals surface area contributed by atoms with E-state index in [1.807, 2.05) is 31.2 Å². The van der Waals surface area contributed by atoms with Gasteiger partial charge in [0.1, 0.15) is 5.67 Å². The van der Waals surface area contributed by atoms with Crippen LogP contribution in [0.5, 0.6) is 0 Å². The third-order valence-electron chi connectivity index (χ3n) is 2.64. The van der Waals surface area contributed by atoms with Crippen molar-refractivity contribution in [1.29, 1.82) is 0 Å². The normalized spacial score (nSPS) is 21.2. The van der Waals surface area contributed by atoms with Crippen LogP contribution < -0.4 is 5.73 Å². The van der Waals surface area contributed by atoms with Gasteiger partial charge in [-0.2, -0.15) is 0 Å². The van der Waals surface area contributed by atoms with Crippen LogP contribution in [0.25, 0.3) is 0 Å². The third-order valence-corrected chi connectivity index (χ3v) is 2.64. The van der Waals surface area contributed by atoms with Gasteiger partial charge in [-0.15, -0.1) is 0 Å². The number of benzene rings is 1. The molecule has 1 fully saturated rings. The van der Waals surface area contributed by atoms with Crippen molar-refractivity contribution in [1.82, 2.24) is 0 Å². The topological polar surface area (TPSA) is 26.0 Å². The Morgan fingerprint density at radius 3 is 2.23 bits per heavy atom. The maximum absolute atomic E-state index is 13.5. The minimum atomic E-state index is -1.02. The minimum Gasteiger partial charge on any atom is -0.324 e. The molecule has 2 heteroatoms. The zero-order valence-corrected chi connectivity index (χ0v) is 7.76.